The number of benzene rings is 1. The fourth-order valence-corrected chi connectivity index (χ4v) is 3.37. The normalized spacial score (nSPS) is 17.4. The SMILES string of the molecule is CCC1CCCCN1c1nccc(C(=O)Nc2cccc(C)c2C)n1. The Labute approximate surface area is 149 Å². The second-order valence-electron chi connectivity index (χ2n) is 6.69. The molecule has 1 saturated heterocycles. The van der Waals surface area contributed by atoms with Crippen LogP contribution in [0.4, 0.5) is 11.6 Å². The van der Waals surface area contributed by atoms with Gasteiger partial charge < -0.3 is 10.2 Å². The van der Waals surface area contributed by atoms with Gasteiger partial charge in [0.15, 0.2) is 0 Å². The number of hydrogen-bond acceptors (Lipinski definition) is 4. The summed E-state index contributed by atoms with van der Waals surface area (Å²) in [6, 6.07) is 8.04. The number of nitrogens with zero attached hydrogens (tertiary/aromatic N) is 3. The summed E-state index contributed by atoms with van der Waals surface area (Å²) in [5, 5.41) is 2.97. The number of aryl methyl sites for hydroxylation is 1. The number of amides is 1. The second kappa shape index (κ2) is 7.64. The molecule has 5 nitrogen and oxygen atoms in total. The summed E-state index contributed by atoms with van der Waals surface area (Å²) >= 11 is 0. The topological polar surface area (TPSA) is 58.1 Å². The molecular weight excluding hydrogens is 312 g/mol. The van der Waals surface area contributed by atoms with Crippen molar-refractivity contribution < 1.29 is 4.79 Å². The third-order valence-electron chi connectivity index (χ3n) is 5.08. The summed E-state index contributed by atoms with van der Waals surface area (Å²) in [6.45, 7) is 7.20. The fourth-order valence-electron chi connectivity index (χ4n) is 3.37. The molecule has 1 aliphatic rings. The van der Waals surface area contributed by atoms with Crippen molar-refractivity contribution in [3.05, 3.63) is 47.3 Å². The van der Waals surface area contributed by atoms with Gasteiger partial charge in [-0.1, -0.05) is 19.1 Å². The number of carbonyl (C=O) groups is 1. The van der Waals surface area contributed by atoms with Crippen molar-refractivity contribution in [2.75, 3.05) is 16.8 Å². The van der Waals surface area contributed by atoms with E-state index < -0.39 is 0 Å². The molecule has 1 fully saturated rings. The molecule has 5 heteroatoms. The Kier molecular flexibility index (Phi) is 5.31. The van der Waals surface area contributed by atoms with E-state index in [9.17, 15) is 4.79 Å². The number of aromatic nitrogens is 2. The van der Waals surface area contributed by atoms with Crippen molar-refractivity contribution >= 4 is 17.5 Å². The van der Waals surface area contributed by atoms with E-state index in [2.05, 4.69) is 27.1 Å². The van der Waals surface area contributed by atoms with Crippen LogP contribution in [0, 0.1) is 13.8 Å². The van der Waals surface area contributed by atoms with Crippen LogP contribution in [0.25, 0.3) is 0 Å². The highest BCUT2D eigenvalue weighted by Crippen LogP contribution is 2.24. The molecule has 1 N–H and O–H groups in total. The Morgan fingerprint density at radius 2 is 2.12 bits per heavy atom. The summed E-state index contributed by atoms with van der Waals surface area (Å²) in [5.41, 5.74) is 3.47. The van der Waals surface area contributed by atoms with Gasteiger partial charge in [0.2, 0.25) is 5.95 Å². The standard InChI is InChI=1S/C20H26N4O/c1-4-16-9-5-6-13-24(16)20-21-12-11-18(23-20)19(25)22-17-10-7-8-14(2)15(17)3/h7-8,10-12,16H,4-6,9,13H2,1-3H3,(H,22,25). The van der Waals surface area contributed by atoms with E-state index in [4.69, 9.17) is 0 Å². The van der Waals surface area contributed by atoms with Gasteiger partial charge in [-0.25, -0.2) is 9.97 Å². The number of anilines is 2. The zero-order valence-corrected chi connectivity index (χ0v) is 15.2. The summed E-state index contributed by atoms with van der Waals surface area (Å²) in [5.74, 6) is 0.475. The lowest BCUT2D eigenvalue weighted by Crippen LogP contribution is -2.40. The zero-order chi connectivity index (χ0) is 17.8. The highest BCUT2D eigenvalue weighted by Gasteiger charge is 2.23. The van der Waals surface area contributed by atoms with Crippen LogP contribution in [0.15, 0.2) is 30.5 Å². The number of carbonyl (C=O) groups excluding carboxylic acids is 1. The van der Waals surface area contributed by atoms with Crippen molar-refractivity contribution in [3.63, 3.8) is 0 Å². The fraction of sp³-hybridized carbons (Fsp3) is 0.450. The lowest BCUT2D eigenvalue weighted by molar-refractivity contribution is 0.102. The molecule has 0 saturated carbocycles. The molecule has 2 aromatic rings. The van der Waals surface area contributed by atoms with Gasteiger partial charge >= 0.3 is 0 Å². The maximum absolute atomic E-state index is 12.6. The smallest absolute Gasteiger partial charge is 0.274 e. The minimum atomic E-state index is -0.192. The number of piperidine rings is 1. The zero-order valence-electron chi connectivity index (χ0n) is 15.2. The predicted molar refractivity (Wildman–Crippen MR) is 101 cm³/mol. The molecule has 0 aliphatic carbocycles. The Bertz CT molecular complexity index is 759. The average molecular weight is 338 g/mol. The lowest BCUT2D eigenvalue weighted by atomic mass is 10.0. The molecule has 1 amide bonds. The Hall–Kier alpha value is -2.43. The molecule has 1 atom stereocenters. The number of nitrogens with one attached hydrogen (secondary N) is 1. The lowest BCUT2D eigenvalue weighted by Gasteiger charge is -2.35. The van der Waals surface area contributed by atoms with Gasteiger partial charge in [-0.3, -0.25) is 4.79 Å². The van der Waals surface area contributed by atoms with Crippen molar-refractivity contribution in [2.45, 2.75) is 52.5 Å². The summed E-state index contributed by atoms with van der Waals surface area (Å²) in [7, 11) is 0. The second-order valence-corrected chi connectivity index (χ2v) is 6.69. The van der Waals surface area contributed by atoms with Gasteiger partial charge in [-0.15, -0.1) is 0 Å². The Morgan fingerprint density at radius 3 is 2.92 bits per heavy atom. The average Bonchev–Trinajstić information content (AvgIpc) is 2.65. The van der Waals surface area contributed by atoms with E-state index in [1.807, 2.05) is 32.0 Å². The van der Waals surface area contributed by atoms with Crippen LogP contribution >= 0.6 is 0 Å². The molecule has 1 aromatic heterocycles. The van der Waals surface area contributed by atoms with Gasteiger partial charge in [0.25, 0.3) is 5.91 Å². The van der Waals surface area contributed by atoms with Gasteiger partial charge in [0.05, 0.1) is 0 Å². The predicted octanol–water partition coefficient (Wildman–Crippen LogP) is 4.11. The maximum atomic E-state index is 12.6. The van der Waals surface area contributed by atoms with Crippen LogP contribution in [0.3, 0.4) is 0 Å². The van der Waals surface area contributed by atoms with Gasteiger partial charge in [-0.05, 0) is 62.8 Å². The van der Waals surface area contributed by atoms with Gasteiger partial charge in [0.1, 0.15) is 5.69 Å². The van der Waals surface area contributed by atoms with E-state index in [0.29, 0.717) is 17.7 Å². The quantitative estimate of drug-likeness (QED) is 0.911. The van der Waals surface area contributed by atoms with Crippen LogP contribution in [0.5, 0.6) is 0 Å². The van der Waals surface area contributed by atoms with E-state index in [-0.39, 0.29) is 5.91 Å². The molecule has 2 heterocycles. The van der Waals surface area contributed by atoms with Crippen molar-refractivity contribution in [1.29, 1.82) is 0 Å². The minimum absolute atomic E-state index is 0.192. The van der Waals surface area contributed by atoms with Crippen LogP contribution < -0.4 is 10.2 Å². The molecule has 25 heavy (non-hydrogen) atoms. The highest BCUT2D eigenvalue weighted by atomic mass is 16.1. The largest absolute Gasteiger partial charge is 0.338 e. The first-order valence-corrected chi connectivity index (χ1v) is 9.07. The minimum Gasteiger partial charge on any atom is -0.338 e. The Balaban J connectivity index is 1.81. The maximum Gasteiger partial charge on any atom is 0.274 e. The first-order valence-electron chi connectivity index (χ1n) is 9.07. The van der Waals surface area contributed by atoms with Crippen LogP contribution in [-0.4, -0.2) is 28.5 Å². The van der Waals surface area contributed by atoms with Crippen LogP contribution in [0.2, 0.25) is 0 Å². The number of hydrogen-bond donors (Lipinski definition) is 1. The third-order valence-corrected chi connectivity index (χ3v) is 5.08. The third kappa shape index (κ3) is 3.81. The van der Waals surface area contributed by atoms with Gasteiger partial charge in [0, 0.05) is 24.5 Å². The summed E-state index contributed by atoms with van der Waals surface area (Å²) < 4.78 is 0. The molecule has 0 spiro atoms. The summed E-state index contributed by atoms with van der Waals surface area (Å²) in [4.78, 5) is 23.9. The first-order chi connectivity index (χ1) is 12.1. The molecular formula is C20H26N4O. The van der Waals surface area contributed by atoms with E-state index in [1.165, 1.54) is 12.8 Å². The van der Waals surface area contributed by atoms with E-state index in [0.717, 1.165) is 36.2 Å². The van der Waals surface area contributed by atoms with Gasteiger partial charge in [-0.2, -0.15) is 0 Å². The van der Waals surface area contributed by atoms with Crippen molar-refractivity contribution in [2.24, 2.45) is 0 Å². The molecule has 0 radical (unpaired) electrons. The molecule has 3 rings (SSSR count). The van der Waals surface area contributed by atoms with Crippen molar-refractivity contribution in [3.8, 4) is 0 Å². The number of rotatable bonds is 4. The Morgan fingerprint density at radius 1 is 1.28 bits per heavy atom. The molecule has 0 bridgehead atoms. The van der Waals surface area contributed by atoms with Crippen LogP contribution in [-0.2, 0) is 0 Å². The molecule has 1 unspecified atom stereocenters. The molecule has 132 valence electrons. The molecule has 1 aliphatic heterocycles. The van der Waals surface area contributed by atoms with E-state index in [1.54, 1.807) is 12.3 Å². The van der Waals surface area contributed by atoms with Crippen LogP contribution in [0.1, 0.15) is 54.2 Å². The highest BCUT2D eigenvalue weighted by molar-refractivity contribution is 6.03. The molecule has 1 aromatic carbocycles. The summed E-state index contributed by atoms with van der Waals surface area (Å²) in [6.07, 6.45) is 6.32. The van der Waals surface area contributed by atoms with Crippen molar-refractivity contribution in [1.82, 2.24) is 9.97 Å². The first kappa shape index (κ1) is 17.4. The monoisotopic (exact) mass is 338 g/mol. The van der Waals surface area contributed by atoms with E-state index >= 15 is 0 Å².